The predicted molar refractivity (Wildman–Crippen MR) is 74.1 cm³/mol. The van der Waals surface area contributed by atoms with E-state index in [1.54, 1.807) is 27.7 Å². The zero-order valence-electron chi connectivity index (χ0n) is 13.0. The maximum atomic E-state index is 14.3. The molecule has 0 unspecified atom stereocenters. The second kappa shape index (κ2) is 5.97. The molecule has 20 heavy (non-hydrogen) atoms. The fraction of sp³-hybridized carbons (Fsp3) is 0.857. The van der Waals surface area contributed by atoms with E-state index in [0.29, 0.717) is 13.0 Å². The molecule has 0 aromatic rings. The maximum Gasteiger partial charge on any atom is 0.410 e. The number of carbonyl (C=O) groups is 2. The lowest BCUT2D eigenvalue weighted by Crippen LogP contribution is -2.54. The molecular formula is C14H25FN2O3. The van der Waals surface area contributed by atoms with Crippen molar-refractivity contribution in [2.75, 3.05) is 19.6 Å². The van der Waals surface area contributed by atoms with Gasteiger partial charge in [0.25, 0.3) is 0 Å². The van der Waals surface area contributed by atoms with Crippen LogP contribution in [-0.4, -0.2) is 48.3 Å². The second-order valence-corrected chi connectivity index (χ2v) is 6.71. The molecule has 1 rings (SSSR count). The average molecular weight is 288 g/mol. The minimum atomic E-state index is -1.18. The van der Waals surface area contributed by atoms with Crippen LogP contribution in [0.3, 0.4) is 0 Å². The molecule has 1 fully saturated rings. The third kappa shape index (κ3) is 4.65. The topological polar surface area (TPSA) is 58.6 Å². The van der Waals surface area contributed by atoms with E-state index in [2.05, 4.69) is 5.32 Å². The highest BCUT2D eigenvalue weighted by molar-refractivity contribution is 5.72. The highest BCUT2D eigenvalue weighted by Gasteiger charge is 2.42. The molecule has 5 nitrogen and oxygen atoms in total. The first kappa shape index (κ1) is 16.7. The van der Waals surface area contributed by atoms with Crippen molar-refractivity contribution in [3.8, 4) is 0 Å². The molecule has 0 aromatic carbocycles. The molecule has 116 valence electrons. The number of nitrogens with zero attached hydrogens (tertiary/aromatic N) is 1. The van der Waals surface area contributed by atoms with Crippen LogP contribution in [-0.2, 0) is 9.53 Å². The number of hydrogen-bond acceptors (Lipinski definition) is 3. The molecule has 0 saturated carbocycles. The summed E-state index contributed by atoms with van der Waals surface area (Å²) in [5.41, 5.74) is -1.22. The lowest BCUT2D eigenvalue weighted by molar-refractivity contribution is -0.120. The Balaban J connectivity index is 2.58. The fourth-order valence-corrected chi connectivity index (χ4v) is 2.07. The Kier molecular flexibility index (Phi) is 5.00. The summed E-state index contributed by atoms with van der Waals surface area (Å²) in [7, 11) is 0. The van der Waals surface area contributed by atoms with Crippen molar-refractivity contribution in [1.29, 1.82) is 0 Å². The van der Waals surface area contributed by atoms with Crippen LogP contribution >= 0.6 is 0 Å². The van der Waals surface area contributed by atoms with E-state index < -0.39 is 23.3 Å². The number of nitrogens with one attached hydrogen (secondary N) is 1. The summed E-state index contributed by atoms with van der Waals surface area (Å²) in [5, 5.41) is 2.65. The Morgan fingerprint density at radius 3 is 2.50 bits per heavy atom. The van der Waals surface area contributed by atoms with Gasteiger partial charge in [0.05, 0.1) is 6.54 Å². The number of carbonyl (C=O) groups excluding carboxylic acids is 2. The predicted octanol–water partition coefficient (Wildman–Crippen LogP) is 2.11. The van der Waals surface area contributed by atoms with E-state index in [1.165, 1.54) is 11.8 Å². The maximum absolute atomic E-state index is 14.3. The molecule has 2 amide bonds. The van der Waals surface area contributed by atoms with Gasteiger partial charge >= 0.3 is 6.09 Å². The van der Waals surface area contributed by atoms with Gasteiger partial charge in [0.2, 0.25) is 5.91 Å². The van der Waals surface area contributed by atoms with Crippen molar-refractivity contribution >= 4 is 12.0 Å². The molecular weight excluding hydrogens is 263 g/mol. The molecule has 1 saturated heterocycles. The monoisotopic (exact) mass is 288 g/mol. The van der Waals surface area contributed by atoms with Crippen LogP contribution in [0.25, 0.3) is 0 Å². The van der Waals surface area contributed by atoms with Gasteiger partial charge < -0.3 is 15.0 Å². The van der Waals surface area contributed by atoms with E-state index in [9.17, 15) is 14.0 Å². The van der Waals surface area contributed by atoms with Crippen molar-refractivity contribution in [2.24, 2.45) is 5.41 Å². The number of hydrogen-bond donors (Lipinski definition) is 1. The van der Waals surface area contributed by atoms with Crippen molar-refractivity contribution < 1.29 is 18.7 Å². The summed E-state index contributed by atoms with van der Waals surface area (Å²) in [5.74, 6) is -0.173. The first-order valence-electron chi connectivity index (χ1n) is 6.90. The van der Waals surface area contributed by atoms with Crippen LogP contribution in [0.4, 0.5) is 9.18 Å². The van der Waals surface area contributed by atoms with E-state index in [4.69, 9.17) is 4.74 Å². The largest absolute Gasteiger partial charge is 0.444 e. The van der Waals surface area contributed by atoms with Crippen LogP contribution in [0, 0.1) is 5.41 Å². The van der Waals surface area contributed by atoms with Crippen LogP contribution in [0.15, 0.2) is 0 Å². The van der Waals surface area contributed by atoms with E-state index in [1.807, 2.05) is 0 Å². The quantitative estimate of drug-likeness (QED) is 0.846. The smallest absolute Gasteiger partial charge is 0.410 e. The molecule has 1 N–H and O–H groups in total. The normalized spacial score (nSPS) is 27.1. The van der Waals surface area contributed by atoms with E-state index in [0.717, 1.165) is 0 Å². The number of rotatable bonds is 2. The van der Waals surface area contributed by atoms with Gasteiger partial charge in [-0.25, -0.2) is 9.18 Å². The van der Waals surface area contributed by atoms with Gasteiger partial charge in [-0.2, -0.15) is 0 Å². The Morgan fingerprint density at radius 2 is 2.05 bits per heavy atom. The first-order valence-corrected chi connectivity index (χ1v) is 6.90. The summed E-state index contributed by atoms with van der Waals surface area (Å²) >= 11 is 0. The van der Waals surface area contributed by atoms with Crippen LogP contribution < -0.4 is 5.32 Å². The molecule has 0 spiro atoms. The fourth-order valence-electron chi connectivity index (χ4n) is 2.07. The van der Waals surface area contributed by atoms with Gasteiger partial charge in [-0.3, -0.25) is 4.79 Å². The van der Waals surface area contributed by atoms with Crippen molar-refractivity contribution in [3.63, 3.8) is 0 Å². The number of alkyl halides is 1. The van der Waals surface area contributed by atoms with E-state index in [-0.39, 0.29) is 19.0 Å². The summed E-state index contributed by atoms with van der Waals surface area (Å²) < 4.78 is 19.6. The molecule has 1 aliphatic rings. The summed E-state index contributed by atoms with van der Waals surface area (Å²) in [6, 6.07) is 0. The standard InChI is InChI=1S/C14H25FN2O3/c1-10(18)16-9-14(5)6-7-17(8-11(14)15)12(19)20-13(2,3)4/h11H,6-9H2,1-5H3,(H,16,18)/t11-,14-/m1/s1. The SMILES string of the molecule is CC(=O)NC[C@@]1(C)CCN(C(=O)OC(C)(C)C)C[C@H]1F. The third-order valence-corrected chi connectivity index (χ3v) is 3.48. The molecule has 1 aliphatic heterocycles. The molecule has 6 heteroatoms. The Labute approximate surface area is 119 Å². The Morgan fingerprint density at radius 1 is 1.45 bits per heavy atom. The Bertz CT molecular complexity index is 381. The van der Waals surface area contributed by atoms with Crippen molar-refractivity contribution in [2.45, 2.75) is 52.8 Å². The molecule has 0 aromatic heterocycles. The molecule has 0 radical (unpaired) electrons. The van der Waals surface area contributed by atoms with Gasteiger partial charge in [-0.1, -0.05) is 6.92 Å². The zero-order chi connectivity index (χ0) is 15.6. The van der Waals surface area contributed by atoms with Gasteiger partial charge in [-0.05, 0) is 27.2 Å². The third-order valence-electron chi connectivity index (χ3n) is 3.48. The highest BCUT2D eigenvalue weighted by atomic mass is 19.1. The van der Waals surface area contributed by atoms with Gasteiger partial charge in [0, 0.05) is 25.4 Å². The highest BCUT2D eigenvalue weighted by Crippen LogP contribution is 2.33. The number of ether oxygens (including phenoxy) is 1. The van der Waals surface area contributed by atoms with Crippen molar-refractivity contribution in [3.05, 3.63) is 0 Å². The number of likely N-dealkylation sites (tertiary alicyclic amines) is 1. The van der Waals surface area contributed by atoms with Gasteiger partial charge in [0.15, 0.2) is 0 Å². The Hall–Kier alpha value is -1.33. The van der Waals surface area contributed by atoms with Gasteiger partial charge in [-0.15, -0.1) is 0 Å². The van der Waals surface area contributed by atoms with Crippen molar-refractivity contribution in [1.82, 2.24) is 10.2 Å². The summed E-state index contributed by atoms with van der Waals surface area (Å²) in [4.78, 5) is 24.2. The average Bonchev–Trinajstić information content (AvgIpc) is 2.28. The van der Waals surface area contributed by atoms with E-state index >= 15 is 0 Å². The van der Waals surface area contributed by atoms with Crippen LogP contribution in [0.5, 0.6) is 0 Å². The minimum absolute atomic E-state index is 0.00496. The number of amides is 2. The zero-order valence-corrected chi connectivity index (χ0v) is 13.0. The summed E-state index contributed by atoms with van der Waals surface area (Å²) in [6.07, 6.45) is -1.18. The molecule has 1 heterocycles. The number of piperidine rings is 1. The molecule has 0 aliphatic carbocycles. The first-order chi connectivity index (χ1) is 9.03. The molecule has 0 bridgehead atoms. The summed E-state index contributed by atoms with van der Waals surface area (Å²) in [6.45, 7) is 9.27. The van der Waals surface area contributed by atoms with Crippen LogP contribution in [0.1, 0.15) is 41.0 Å². The lowest BCUT2D eigenvalue weighted by Gasteiger charge is -2.42. The van der Waals surface area contributed by atoms with Gasteiger partial charge in [0.1, 0.15) is 11.8 Å². The lowest BCUT2D eigenvalue weighted by atomic mass is 9.78. The van der Waals surface area contributed by atoms with Crippen LogP contribution in [0.2, 0.25) is 0 Å². The molecule has 2 atom stereocenters. The minimum Gasteiger partial charge on any atom is -0.444 e. The number of halogens is 1. The second-order valence-electron chi connectivity index (χ2n) is 6.71.